The van der Waals surface area contributed by atoms with E-state index < -0.39 is 30.5 Å². The van der Waals surface area contributed by atoms with Gasteiger partial charge < -0.3 is 9.15 Å². The average molecular weight is 386 g/mol. The second-order valence-electron chi connectivity index (χ2n) is 6.59. The number of amidine groups is 1. The lowest BCUT2D eigenvalue weighted by Crippen LogP contribution is -2.63. The first-order valence-corrected chi connectivity index (χ1v) is 8.89. The Morgan fingerprint density at radius 2 is 2.18 bits per heavy atom. The fourth-order valence-electron chi connectivity index (χ4n) is 3.47. The van der Waals surface area contributed by atoms with E-state index in [9.17, 15) is 14.4 Å². The molecule has 2 aliphatic rings. The molecule has 0 spiro atoms. The molecule has 0 aromatic carbocycles. The van der Waals surface area contributed by atoms with E-state index in [1.165, 1.54) is 11.9 Å². The summed E-state index contributed by atoms with van der Waals surface area (Å²) in [4.78, 5) is 44.3. The van der Waals surface area contributed by atoms with Crippen molar-refractivity contribution in [3.8, 4) is 0 Å². The number of imidazole rings is 1. The van der Waals surface area contributed by atoms with E-state index >= 15 is 0 Å². The van der Waals surface area contributed by atoms with Gasteiger partial charge in [0.15, 0.2) is 0 Å². The first-order valence-electron chi connectivity index (χ1n) is 8.89. The highest BCUT2D eigenvalue weighted by Crippen LogP contribution is 2.29. The number of carbonyl (C=O) groups excluding carboxylic acids is 3. The number of hydrogen-bond donors (Lipinski definition) is 0. The third-order valence-electron chi connectivity index (χ3n) is 4.81. The number of aromatic nitrogens is 2. The number of hydrogen-bond acceptors (Lipinski definition) is 6. The second kappa shape index (κ2) is 6.63. The standard InChI is InChI=1S/C18H20N5O5/c1-4-27-13(24)10-23-16(25)14-15(20(3)18(23)26)19-17-21(11(2)8-22(14)17)9-12-6-5-7-28-12/h5-8,14H,4,9-10H2,1-3H3/q+1. The van der Waals surface area contributed by atoms with Crippen LogP contribution < -0.4 is 4.57 Å². The molecule has 2 aromatic rings. The van der Waals surface area contributed by atoms with Gasteiger partial charge in [0.1, 0.15) is 30.7 Å². The Bertz CT molecular complexity index is 990. The fraction of sp³-hybridized carbons (Fsp3) is 0.389. The summed E-state index contributed by atoms with van der Waals surface area (Å²) in [5.41, 5.74) is 0.887. The number of fused-ring (bicyclic) bond motifs is 3. The summed E-state index contributed by atoms with van der Waals surface area (Å²) in [5.74, 6) is 0.483. The largest absolute Gasteiger partial charge is 0.466 e. The van der Waals surface area contributed by atoms with Gasteiger partial charge in [-0.2, -0.15) is 0 Å². The van der Waals surface area contributed by atoms with Crippen LogP contribution in [0, 0.1) is 6.92 Å². The summed E-state index contributed by atoms with van der Waals surface area (Å²) in [7, 11) is 1.54. The van der Waals surface area contributed by atoms with Crippen molar-refractivity contribution in [2.75, 3.05) is 20.2 Å². The number of imide groups is 1. The second-order valence-corrected chi connectivity index (χ2v) is 6.59. The first kappa shape index (κ1) is 18.0. The minimum absolute atomic E-state index is 0.175. The molecule has 4 heterocycles. The van der Waals surface area contributed by atoms with Gasteiger partial charge in [0, 0.05) is 7.05 Å². The van der Waals surface area contributed by atoms with E-state index in [-0.39, 0.29) is 6.61 Å². The highest BCUT2D eigenvalue weighted by Gasteiger charge is 2.53. The molecule has 0 N–H and O–H groups in total. The number of rotatable bonds is 5. The van der Waals surface area contributed by atoms with E-state index in [0.717, 1.165) is 16.4 Å². The van der Waals surface area contributed by atoms with Crippen LogP contribution in [-0.4, -0.2) is 58.3 Å². The molecule has 4 rings (SSSR count). The van der Waals surface area contributed by atoms with Crippen LogP contribution in [0.25, 0.3) is 0 Å². The molecule has 2 aliphatic heterocycles. The van der Waals surface area contributed by atoms with Crippen molar-refractivity contribution >= 4 is 29.7 Å². The minimum atomic E-state index is -0.802. The molecule has 3 amide bonds. The number of ether oxygens (including phenoxy) is 1. The average Bonchev–Trinajstić information content (AvgIpc) is 3.35. The molecule has 1 atom stereocenters. The van der Waals surface area contributed by atoms with Crippen LogP contribution in [0.4, 0.5) is 10.7 Å². The molecule has 0 bridgehead atoms. The summed E-state index contributed by atoms with van der Waals surface area (Å²) in [6, 6.07) is 2.25. The maximum Gasteiger partial charge on any atom is 0.402 e. The lowest BCUT2D eigenvalue weighted by Gasteiger charge is -2.32. The molecule has 2 aromatic heterocycles. The van der Waals surface area contributed by atoms with Crippen molar-refractivity contribution in [3.05, 3.63) is 36.0 Å². The SMILES string of the molecule is CCOC(=O)CN1C(=O)C2C(=Nc3n(Cc4ccco4)c(C)c[n+]32)N(C)C1=O. The Hall–Kier alpha value is -3.43. The number of urea groups is 1. The molecule has 146 valence electrons. The van der Waals surface area contributed by atoms with Gasteiger partial charge in [0.2, 0.25) is 11.9 Å². The minimum Gasteiger partial charge on any atom is -0.466 e. The van der Waals surface area contributed by atoms with Gasteiger partial charge in [-0.15, -0.1) is 0 Å². The number of amides is 3. The molecular weight excluding hydrogens is 366 g/mol. The van der Waals surface area contributed by atoms with E-state index in [0.29, 0.717) is 18.3 Å². The zero-order chi connectivity index (χ0) is 20.0. The molecule has 0 aliphatic carbocycles. The smallest absolute Gasteiger partial charge is 0.402 e. The van der Waals surface area contributed by atoms with Crippen molar-refractivity contribution in [3.63, 3.8) is 0 Å². The van der Waals surface area contributed by atoms with Gasteiger partial charge in [0.25, 0.3) is 5.91 Å². The summed E-state index contributed by atoms with van der Waals surface area (Å²) < 4.78 is 13.9. The summed E-state index contributed by atoms with van der Waals surface area (Å²) in [5, 5.41) is 0. The maximum absolute atomic E-state index is 13.0. The van der Waals surface area contributed by atoms with Crippen molar-refractivity contribution in [1.29, 1.82) is 0 Å². The molecular formula is C18H20N5O5+. The predicted molar refractivity (Wildman–Crippen MR) is 94.8 cm³/mol. The highest BCUT2D eigenvalue weighted by atomic mass is 16.5. The van der Waals surface area contributed by atoms with Crippen LogP contribution in [0.5, 0.6) is 0 Å². The Labute approximate surface area is 160 Å². The number of aryl methyl sites for hydroxylation is 1. The molecule has 10 heteroatoms. The maximum atomic E-state index is 13.0. The lowest BCUT2D eigenvalue weighted by molar-refractivity contribution is -0.677. The number of likely N-dealkylation sites (N-methyl/N-ethyl adjacent to an activating group) is 1. The number of nitrogens with zero attached hydrogens (tertiary/aromatic N) is 5. The van der Waals surface area contributed by atoms with Gasteiger partial charge in [-0.3, -0.25) is 14.5 Å². The zero-order valence-electron chi connectivity index (χ0n) is 15.8. The van der Waals surface area contributed by atoms with Crippen LogP contribution in [0.2, 0.25) is 0 Å². The normalized spacial score (nSPS) is 18.2. The third-order valence-corrected chi connectivity index (χ3v) is 4.81. The topological polar surface area (TPSA) is 101 Å². The Kier molecular flexibility index (Phi) is 4.25. The predicted octanol–water partition coefficient (Wildman–Crippen LogP) is 0.767. The summed E-state index contributed by atoms with van der Waals surface area (Å²) in [6.07, 6.45) is 3.40. The van der Waals surface area contributed by atoms with Crippen LogP contribution in [0.15, 0.2) is 34.0 Å². The Morgan fingerprint density at radius 3 is 2.86 bits per heavy atom. The number of carbonyl (C=O) groups is 3. The molecule has 28 heavy (non-hydrogen) atoms. The fourth-order valence-corrected chi connectivity index (χ4v) is 3.47. The number of esters is 1. The molecule has 1 fully saturated rings. The summed E-state index contributed by atoms with van der Waals surface area (Å²) >= 11 is 0. The van der Waals surface area contributed by atoms with Gasteiger partial charge in [-0.25, -0.2) is 18.8 Å². The lowest BCUT2D eigenvalue weighted by atomic mass is 10.1. The van der Waals surface area contributed by atoms with Gasteiger partial charge >= 0.3 is 17.9 Å². The van der Waals surface area contributed by atoms with Crippen molar-refractivity contribution in [1.82, 2.24) is 14.4 Å². The molecule has 10 nitrogen and oxygen atoms in total. The summed E-state index contributed by atoms with van der Waals surface area (Å²) in [6.45, 7) is 3.76. The van der Waals surface area contributed by atoms with E-state index in [4.69, 9.17) is 9.15 Å². The van der Waals surface area contributed by atoms with Crippen LogP contribution in [-0.2, 0) is 20.9 Å². The van der Waals surface area contributed by atoms with Crippen LogP contribution >= 0.6 is 0 Å². The highest BCUT2D eigenvalue weighted by molar-refractivity contribution is 6.19. The third kappa shape index (κ3) is 2.68. The van der Waals surface area contributed by atoms with Crippen molar-refractivity contribution in [2.24, 2.45) is 4.99 Å². The number of furan rings is 1. The van der Waals surface area contributed by atoms with E-state index in [2.05, 4.69) is 4.99 Å². The number of aliphatic imine (C=N–C) groups is 1. The van der Waals surface area contributed by atoms with E-state index in [1.807, 2.05) is 23.8 Å². The molecule has 0 radical (unpaired) electrons. The quantitative estimate of drug-likeness (QED) is 0.558. The van der Waals surface area contributed by atoms with Crippen LogP contribution in [0.3, 0.4) is 0 Å². The zero-order valence-corrected chi connectivity index (χ0v) is 15.8. The van der Waals surface area contributed by atoms with Crippen molar-refractivity contribution < 1.29 is 28.1 Å². The van der Waals surface area contributed by atoms with E-state index in [1.54, 1.807) is 23.8 Å². The first-order chi connectivity index (χ1) is 13.4. The Morgan fingerprint density at radius 1 is 1.39 bits per heavy atom. The van der Waals surface area contributed by atoms with Gasteiger partial charge in [0.05, 0.1) is 12.9 Å². The molecule has 1 unspecified atom stereocenters. The van der Waals surface area contributed by atoms with Gasteiger partial charge in [-0.05, 0) is 26.0 Å². The molecule has 1 saturated heterocycles. The Balaban J connectivity index is 1.70. The monoisotopic (exact) mass is 386 g/mol. The van der Waals surface area contributed by atoms with Crippen LogP contribution in [0.1, 0.15) is 24.4 Å². The molecule has 0 saturated carbocycles. The van der Waals surface area contributed by atoms with Crippen molar-refractivity contribution in [2.45, 2.75) is 26.4 Å². The van der Waals surface area contributed by atoms with Gasteiger partial charge in [-0.1, -0.05) is 4.99 Å².